The lowest BCUT2D eigenvalue weighted by Gasteiger charge is -2.23. The van der Waals surface area contributed by atoms with Gasteiger partial charge < -0.3 is 0 Å². The highest BCUT2D eigenvalue weighted by Crippen LogP contribution is 2.41. The second kappa shape index (κ2) is 5.83. The molecule has 1 aliphatic rings. The van der Waals surface area contributed by atoms with Crippen LogP contribution in [0.3, 0.4) is 0 Å². The summed E-state index contributed by atoms with van der Waals surface area (Å²) in [5.74, 6) is 0.824. The lowest BCUT2D eigenvalue weighted by Crippen LogP contribution is -2.30. The molecule has 1 aliphatic heterocycles. The van der Waals surface area contributed by atoms with Crippen molar-refractivity contribution in [1.82, 2.24) is 4.31 Å². The molecule has 1 atom stereocenters. The van der Waals surface area contributed by atoms with Crippen LogP contribution >= 0.6 is 11.8 Å². The first-order valence-corrected chi connectivity index (χ1v) is 9.33. The van der Waals surface area contributed by atoms with Gasteiger partial charge in [0, 0.05) is 12.3 Å². The molecule has 1 fully saturated rings. The van der Waals surface area contributed by atoms with Crippen molar-refractivity contribution in [2.24, 2.45) is 0 Å². The second-order valence-corrected chi connectivity index (χ2v) is 8.14. The van der Waals surface area contributed by atoms with Crippen molar-refractivity contribution in [3.63, 3.8) is 0 Å². The van der Waals surface area contributed by atoms with Crippen LogP contribution in [0.4, 0.5) is 0 Å². The van der Waals surface area contributed by atoms with E-state index in [0.29, 0.717) is 11.4 Å². The highest BCUT2D eigenvalue weighted by Gasteiger charge is 2.36. The van der Waals surface area contributed by atoms with Crippen molar-refractivity contribution in [2.75, 3.05) is 12.3 Å². The molecule has 0 N–H and O–H groups in total. The first kappa shape index (κ1) is 14.6. The van der Waals surface area contributed by atoms with E-state index < -0.39 is 10.0 Å². The van der Waals surface area contributed by atoms with Crippen LogP contribution in [0.1, 0.15) is 16.5 Å². The molecule has 0 aliphatic carbocycles. The van der Waals surface area contributed by atoms with Gasteiger partial charge in [-0.25, -0.2) is 8.42 Å². The number of sulfonamides is 1. The molecule has 0 bridgehead atoms. The van der Waals surface area contributed by atoms with Crippen LogP contribution in [-0.4, -0.2) is 25.0 Å². The largest absolute Gasteiger partial charge is 0.244 e. The maximum atomic E-state index is 12.8. The Morgan fingerprint density at radius 1 is 1.05 bits per heavy atom. The Hall–Kier alpha value is -1.30. The van der Waals surface area contributed by atoms with Crippen molar-refractivity contribution in [2.45, 2.75) is 17.2 Å². The van der Waals surface area contributed by atoms with Crippen LogP contribution in [-0.2, 0) is 10.0 Å². The summed E-state index contributed by atoms with van der Waals surface area (Å²) in [6.45, 7) is 2.59. The third kappa shape index (κ3) is 2.86. The second-order valence-electron chi connectivity index (χ2n) is 5.06. The van der Waals surface area contributed by atoms with Crippen molar-refractivity contribution >= 4 is 21.8 Å². The summed E-state index contributed by atoms with van der Waals surface area (Å²) in [6.07, 6.45) is 0. The maximum Gasteiger partial charge on any atom is 0.244 e. The minimum atomic E-state index is -3.43. The van der Waals surface area contributed by atoms with Crippen LogP contribution < -0.4 is 0 Å². The monoisotopic (exact) mass is 319 g/mol. The van der Waals surface area contributed by atoms with Crippen molar-refractivity contribution in [1.29, 1.82) is 0 Å². The lowest BCUT2D eigenvalue weighted by atomic mass is 10.1. The summed E-state index contributed by atoms with van der Waals surface area (Å²) < 4.78 is 27.2. The van der Waals surface area contributed by atoms with Gasteiger partial charge in [-0.2, -0.15) is 4.31 Å². The number of rotatable bonds is 3. The van der Waals surface area contributed by atoms with Gasteiger partial charge in [-0.1, -0.05) is 48.0 Å². The minimum absolute atomic E-state index is 0.129. The number of hydrogen-bond acceptors (Lipinski definition) is 3. The molecule has 0 saturated carbocycles. The van der Waals surface area contributed by atoms with E-state index in [9.17, 15) is 8.42 Å². The molecule has 0 aromatic heterocycles. The average Bonchev–Trinajstić information content (AvgIpc) is 2.99. The zero-order valence-electron chi connectivity index (χ0n) is 11.8. The fourth-order valence-corrected chi connectivity index (χ4v) is 5.68. The molecule has 0 radical (unpaired) electrons. The summed E-state index contributed by atoms with van der Waals surface area (Å²) >= 11 is 1.68. The summed E-state index contributed by atoms with van der Waals surface area (Å²) in [5, 5.41) is -0.129. The van der Waals surface area contributed by atoms with Crippen LogP contribution in [0.2, 0.25) is 0 Å². The first-order chi connectivity index (χ1) is 10.1. The molecule has 110 valence electrons. The van der Waals surface area contributed by atoms with Crippen LogP contribution in [0.25, 0.3) is 0 Å². The quantitative estimate of drug-likeness (QED) is 0.870. The van der Waals surface area contributed by atoms with Crippen LogP contribution in [0, 0.1) is 6.92 Å². The van der Waals surface area contributed by atoms with Gasteiger partial charge in [-0.05, 0) is 24.6 Å². The molecule has 2 aromatic carbocycles. The summed E-state index contributed by atoms with van der Waals surface area (Å²) in [5.41, 5.74) is 2.22. The molecule has 3 nitrogen and oxygen atoms in total. The Bertz CT molecular complexity index is 712. The molecule has 1 saturated heterocycles. The Morgan fingerprint density at radius 3 is 2.38 bits per heavy atom. The summed E-state index contributed by atoms with van der Waals surface area (Å²) in [4.78, 5) is 0.365. The number of benzene rings is 2. The fourth-order valence-electron chi connectivity index (χ4n) is 2.42. The van der Waals surface area contributed by atoms with Crippen molar-refractivity contribution in [3.05, 3.63) is 65.7 Å². The topological polar surface area (TPSA) is 37.4 Å². The SMILES string of the molecule is Cc1ccc([C@H]2SCCN2S(=O)(=O)c2ccccc2)cc1. The normalized spacial score (nSPS) is 19.8. The lowest BCUT2D eigenvalue weighted by molar-refractivity contribution is 0.434. The summed E-state index contributed by atoms with van der Waals surface area (Å²) in [6, 6.07) is 16.8. The predicted molar refractivity (Wildman–Crippen MR) is 86.7 cm³/mol. The van der Waals surface area contributed by atoms with Gasteiger partial charge >= 0.3 is 0 Å². The van der Waals surface area contributed by atoms with Gasteiger partial charge in [0.2, 0.25) is 10.0 Å². The Morgan fingerprint density at radius 2 is 1.71 bits per heavy atom. The van der Waals surface area contributed by atoms with Gasteiger partial charge in [-0.15, -0.1) is 11.8 Å². The van der Waals surface area contributed by atoms with Crippen molar-refractivity contribution < 1.29 is 8.42 Å². The predicted octanol–water partition coefficient (Wildman–Crippen LogP) is 3.43. The molecule has 1 heterocycles. The minimum Gasteiger partial charge on any atom is -0.207 e. The zero-order chi connectivity index (χ0) is 14.9. The van der Waals surface area contributed by atoms with E-state index in [-0.39, 0.29) is 5.37 Å². The Kier molecular flexibility index (Phi) is 4.06. The smallest absolute Gasteiger partial charge is 0.207 e. The third-order valence-electron chi connectivity index (χ3n) is 3.56. The van der Waals surface area contributed by atoms with Gasteiger partial charge in [-0.3, -0.25) is 0 Å². The highest BCUT2D eigenvalue weighted by atomic mass is 32.2. The molecule has 0 amide bonds. The number of aryl methyl sites for hydroxylation is 1. The number of thioether (sulfide) groups is 1. The molecular formula is C16H17NO2S2. The first-order valence-electron chi connectivity index (χ1n) is 6.84. The van der Waals surface area contributed by atoms with Crippen LogP contribution in [0.5, 0.6) is 0 Å². The van der Waals surface area contributed by atoms with Crippen molar-refractivity contribution in [3.8, 4) is 0 Å². The average molecular weight is 319 g/mol. The number of nitrogens with zero attached hydrogens (tertiary/aromatic N) is 1. The molecule has 5 heteroatoms. The maximum absolute atomic E-state index is 12.8. The van der Waals surface area contributed by atoms with Gasteiger partial charge in [0.25, 0.3) is 0 Å². The zero-order valence-corrected chi connectivity index (χ0v) is 13.4. The molecule has 2 aromatic rings. The van der Waals surface area contributed by atoms with E-state index in [1.54, 1.807) is 40.3 Å². The van der Waals surface area contributed by atoms with E-state index in [1.807, 2.05) is 37.3 Å². The van der Waals surface area contributed by atoms with Gasteiger partial charge in [0.05, 0.1) is 10.3 Å². The van der Waals surface area contributed by atoms with E-state index >= 15 is 0 Å². The van der Waals surface area contributed by atoms with Gasteiger partial charge in [0.15, 0.2) is 0 Å². The number of hydrogen-bond donors (Lipinski definition) is 0. The standard InChI is InChI=1S/C16H17NO2S2/c1-13-7-9-14(10-8-13)16-17(11-12-20-16)21(18,19)15-5-3-2-4-6-15/h2-10,16H,11-12H2,1H3/t16-/m1/s1. The molecule has 21 heavy (non-hydrogen) atoms. The molecule has 0 spiro atoms. The fraction of sp³-hybridized carbons (Fsp3) is 0.250. The van der Waals surface area contributed by atoms with E-state index in [2.05, 4.69) is 0 Å². The highest BCUT2D eigenvalue weighted by molar-refractivity contribution is 8.01. The molecule has 3 rings (SSSR count). The third-order valence-corrected chi connectivity index (χ3v) is 6.83. The summed E-state index contributed by atoms with van der Waals surface area (Å²) in [7, 11) is -3.43. The Labute approximate surface area is 130 Å². The van der Waals surface area contributed by atoms with E-state index in [1.165, 1.54) is 5.56 Å². The van der Waals surface area contributed by atoms with Crippen LogP contribution in [0.15, 0.2) is 59.5 Å². The molecule has 0 unspecified atom stereocenters. The van der Waals surface area contributed by atoms with Gasteiger partial charge in [0.1, 0.15) is 0 Å². The molecular weight excluding hydrogens is 302 g/mol. The van der Waals surface area contributed by atoms with E-state index in [0.717, 1.165) is 11.3 Å². The van der Waals surface area contributed by atoms with E-state index in [4.69, 9.17) is 0 Å². The Balaban J connectivity index is 1.96.